The summed E-state index contributed by atoms with van der Waals surface area (Å²) in [5.74, 6) is -1.51. The molecule has 0 saturated heterocycles. The summed E-state index contributed by atoms with van der Waals surface area (Å²) in [5, 5.41) is 0. The van der Waals surface area contributed by atoms with Crippen LogP contribution in [-0.2, 0) is 19.3 Å². The van der Waals surface area contributed by atoms with Crippen LogP contribution in [0, 0.1) is 11.6 Å². The third-order valence-corrected chi connectivity index (χ3v) is 3.92. The van der Waals surface area contributed by atoms with Gasteiger partial charge in [-0.05, 0) is 59.2 Å². The fourth-order valence-electron chi connectivity index (χ4n) is 2.67. The second-order valence-electron chi connectivity index (χ2n) is 5.20. The van der Waals surface area contributed by atoms with Gasteiger partial charge >= 0.3 is 0 Å². The Morgan fingerprint density at radius 1 is 0.950 bits per heavy atom. The quantitative estimate of drug-likeness (QED) is 0.741. The number of halogens is 2. The second-order valence-corrected chi connectivity index (χ2v) is 5.20. The van der Waals surface area contributed by atoms with Gasteiger partial charge in [0.15, 0.2) is 11.6 Å². The van der Waals surface area contributed by atoms with Crippen LogP contribution in [0.15, 0.2) is 42.5 Å². The minimum absolute atomic E-state index is 0.664. The Morgan fingerprint density at radius 3 is 2.25 bits per heavy atom. The zero-order valence-corrected chi connectivity index (χ0v) is 11.4. The van der Waals surface area contributed by atoms with Crippen LogP contribution in [0.1, 0.15) is 29.2 Å². The summed E-state index contributed by atoms with van der Waals surface area (Å²) in [5.41, 5.74) is 5.43. The minimum atomic E-state index is -0.758. The van der Waals surface area contributed by atoms with E-state index in [-0.39, 0.29) is 0 Å². The maximum Gasteiger partial charge on any atom is 0.159 e. The average molecular weight is 270 g/mol. The molecule has 2 aromatic carbocycles. The molecule has 0 heterocycles. The molecule has 2 heteroatoms. The SMILES string of the molecule is CCc1ccc(C2=CCc3cc(F)c(F)cc3C2)cc1. The van der Waals surface area contributed by atoms with E-state index in [2.05, 4.69) is 37.3 Å². The minimum Gasteiger partial charge on any atom is -0.204 e. The van der Waals surface area contributed by atoms with Crippen molar-refractivity contribution in [3.8, 4) is 0 Å². The van der Waals surface area contributed by atoms with Crippen LogP contribution in [-0.4, -0.2) is 0 Å². The molecule has 0 nitrogen and oxygen atoms in total. The van der Waals surface area contributed by atoms with Crippen LogP contribution in [0.5, 0.6) is 0 Å². The number of rotatable bonds is 2. The molecule has 0 N–H and O–H groups in total. The van der Waals surface area contributed by atoms with Crippen LogP contribution in [0.25, 0.3) is 5.57 Å². The molecular formula is C18H16F2. The smallest absolute Gasteiger partial charge is 0.159 e. The molecule has 0 bridgehead atoms. The Kier molecular flexibility index (Phi) is 3.39. The van der Waals surface area contributed by atoms with Crippen LogP contribution in [0.3, 0.4) is 0 Å². The van der Waals surface area contributed by atoms with Gasteiger partial charge in [0, 0.05) is 0 Å². The van der Waals surface area contributed by atoms with Crippen molar-refractivity contribution in [2.45, 2.75) is 26.2 Å². The molecule has 0 unspecified atom stereocenters. The van der Waals surface area contributed by atoms with Gasteiger partial charge in [0.25, 0.3) is 0 Å². The first kappa shape index (κ1) is 13.0. The van der Waals surface area contributed by atoms with Crippen molar-refractivity contribution in [2.75, 3.05) is 0 Å². The predicted octanol–water partition coefficient (Wildman–Crippen LogP) is 4.71. The van der Waals surface area contributed by atoms with Crippen molar-refractivity contribution in [1.29, 1.82) is 0 Å². The zero-order valence-electron chi connectivity index (χ0n) is 11.4. The molecule has 0 saturated carbocycles. The molecule has 20 heavy (non-hydrogen) atoms. The lowest BCUT2D eigenvalue weighted by Crippen LogP contribution is -2.05. The van der Waals surface area contributed by atoms with E-state index < -0.39 is 11.6 Å². The van der Waals surface area contributed by atoms with Crippen molar-refractivity contribution < 1.29 is 8.78 Å². The Balaban J connectivity index is 1.90. The molecule has 3 rings (SSSR count). The lowest BCUT2D eigenvalue weighted by atomic mass is 9.87. The number of fused-ring (bicyclic) bond motifs is 1. The predicted molar refractivity (Wildman–Crippen MR) is 77.6 cm³/mol. The molecule has 1 aliphatic carbocycles. The number of hydrogen-bond donors (Lipinski definition) is 0. The third kappa shape index (κ3) is 2.38. The summed E-state index contributed by atoms with van der Waals surface area (Å²) in [7, 11) is 0. The summed E-state index contributed by atoms with van der Waals surface area (Å²) in [6.07, 6.45) is 4.46. The van der Waals surface area contributed by atoms with Gasteiger partial charge in [-0.1, -0.05) is 37.3 Å². The van der Waals surface area contributed by atoms with E-state index in [4.69, 9.17) is 0 Å². The second kappa shape index (κ2) is 5.20. The van der Waals surface area contributed by atoms with Crippen molar-refractivity contribution in [2.24, 2.45) is 0 Å². The van der Waals surface area contributed by atoms with E-state index in [1.54, 1.807) is 0 Å². The van der Waals surface area contributed by atoms with Gasteiger partial charge in [0.2, 0.25) is 0 Å². The first-order valence-electron chi connectivity index (χ1n) is 6.92. The van der Waals surface area contributed by atoms with Crippen LogP contribution in [0.2, 0.25) is 0 Å². The summed E-state index contributed by atoms with van der Waals surface area (Å²) in [6.45, 7) is 2.13. The Morgan fingerprint density at radius 2 is 1.60 bits per heavy atom. The van der Waals surface area contributed by atoms with Gasteiger partial charge in [-0.2, -0.15) is 0 Å². The summed E-state index contributed by atoms with van der Waals surface area (Å²) >= 11 is 0. The van der Waals surface area contributed by atoms with Gasteiger partial charge in [0.1, 0.15) is 0 Å². The van der Waals surface area contributed by atoms with Gasteiger partial charge in [-0.15, -0.1) is 0 Å². The van der Waals surface area contributed by atoms with E-state index in [0.717, 1.165) is 23.1 Å². The third-order valence-electron chi connectivity index (χ3n) is 3.92. The Bertz CT molecular complexity index is 667. The lowest BCUT2D eigenvalue weighted by Gasteiger charge is -2.18. The molecule has 0 fully saturated rings. The molecular weight excluding hydrogens is 254 g/mol. The number of benzene rings is 2. The summed E-state index contributed by atoms with van der Waals surface area (Å²) < 4.78 is 26.6. The first-order valence-corrected chi connectivity index (χ1v) is 6.92. The van der Waals surface area contributed by atoms with Gasteiger partial charge in [0.05, 0.1) is 0 Å². The summed E-state index contributed by atoms with van der Waals surface area (Å²) in [6, 6.07) is 11.1. The monoisotopic (exact) mass is 270 g/mol. The van der Waals surface area contributed by atoms with Crippen molar-refractivity contribution in [1.82, 2.24) is 0 Å². The van der Waals surface area contributed by atoms with Gasteiger partial charge in [-0.3, -0.25) is 0 Å². The highest BCUT2D eigenvalue weighted by Gasteiger charge is 2.15. The van der Waals surface area contributed by atoms with Crippen LogP contribution < -0.4 is 0 Å². The Labute approximate surface area is 117 Å². The largest absolute Gasteiger partial charge is 0.204 e. The molecule has 0 amide bonds. The van der Waals surface area contributed by atoms with Crippen molar-refractivity contribution in [3.63, 3.8) is 0 Å². The molecule has 102 valence electrons. The molecule has 2 aromatic rings. The fourth-order valence-corrected chi connectivity index (χ4v) is 2.67. The normalized spacial score (nSPS) is 13.8. The van der Waals surface area contributed by atoms with E-state index in [1.165, 1.54) is 23.3 Å². The van der Waals surface area contributed by atoms with Crippen molar-refractivity contribution in [3.05, 3.63) is 76.4 Å². The number of allylic oxidation sites excluding steroid dienone is 2. The molecule has 0 radical (unpaired) electrons. The molecule has 1 aliphatic rings. The summed E-state index contributed by atoms with van der Waals surface area (Å²) in [4.78, 5) is 0. The van der Waals surface area contributed by atoms with Gasteiger partial charge in [-0.25, -0.2) is 8.78 Å². The standard InChI is InChI=1S/C18H16F2/c1-2-12-3-5-13(6-4-12)14-7-8-15-10-17(19)18(20)11-16(15)9-14/h3-7,10-11H,2,8-9H2,1H3. The zero-order chi connectivity index (χ0) is 14.1. The van der Waals surface area contributed by atoms with Crippen molar-refractivity contribution >= 4 is 5.57 Å². The van der Waals surface area contributed by atoms with E-state index in [1.807, 2.05) is 0 Å². The highest BCUT2D eigenvalue weighted by molar-refractivity contribution is 5.70. The topological polar surface area (TPSA) is 0 Å². The molecule has 0 spiro atoms. The molecule has 0 aliphatic heterocycles. The van der Waals surface area contributed by atoms with Crippen LogP contribution >= 0.6 is 0 Å². The van der Waals surface area contributed by atoms with Crippen LogP contribution in [0.4, 0.5) is 8.78 Å². The number of aryl methyl sites for hydroxylation is 1. The lowest BCUT2D eigenvalue weighted by molar-refractivity contribution is 0.506. The van der Waals surface area contributed by atoms with E-state index in [9.17, 15) is 8.78 Å². The Hall–Kier alpha value is -1.96. The fraction of sp³-hybridized carbons (Fsp3) is 0.222. The van der Waals surface area contributed by atoms with Gasteiger partial charge < -0.3 is 0 Å². The maximum absolute atomic E-state index is 13.3. The van der Waals surface area contributed by atoms with E-state index >= 15 is 0 Å². The van der Waals surface area contributed by atoms with E-state index in [0.29, 0.717) is 12.8 Å². The number of hydrogen-bond acceptors (Lipinski definition) is 0. The average Bonchev–Trinajstić information content (AvgIpc) is 2.48. The molecule has 0 aromatic heterocycles. The molecule has 0 atom stereocenters. The first-order chi connectivity index (χ1) is 9.67. The highest BCUT2D eigenvalue weighted by Crippen LogP contribution is 2.29. The maximum atomic E-state index is 13.3. The highest BCUT2D eigenvalue weighted by atomic mass is 19.2.